The van der Waals surface area contributed by atoms with E-state index in [0.29, 0.717) is 0 Å². The molecule has 0 fully saturated rings. The second kappa shape index (κ2) is 6.80. The van der Waals surface area contributed by atoms with Gasteiger partial charge in [0.1, 0.15) is 5.82 Å². The first-order valence-electron chi connectivity index (χ1n) is 5.56. The second-order valence-electron chi connectivity index (χ2n) is 4.10. The van der Waals surface area contributed by atoms with Crippen molar-refractivity contribution in [3.05, 3.63) is 53.3 Å². The Bertz CT molecular complexity index is 565. The number of thiophene rings is 1. The molecule has 0 aliphatic heterocycles. The molecule has 0 bridgehead atoms. The Hall–Kier alpha value is 0.250. The molecule has 0 aliphatic rings. The molecule has 1 unspecified atom stereocenters. The van der Waals surface area contributed by atoms with Gasteiger partial charge in [-0.05, 0) is 80.7 Å². The molecule has 1 N–H and O–H groups in total. The number of hydrogen-bond acceptors (Lipinski definition) is 2. The Kier molecular flexibility index (Phi) is 5.60. The summed E-state index contributed by atoms with van der Waals surface area (Å²) >= 11 is 12.0. The summed E-state index contributed by atoms with van der Waals surface area (Å²) in [7, 11) is 1.91. The summed E-state index contributed by atoms with van der Waals surface area (Å²) in [6.45, 7) is 0. The minimum atomic E-state index is -0.218. The van der Waals surface area contributed by atoms with Crippen molar-refractivity contribution in [1.29, 1.82) is 0 Å². The highest BCUT2D eigenvalue weighted by Gasteiger charge is 2.16. The summed E-state index contributed by atoms with van der Waals surface area (Å²) in [6.07, 6.45) is 0.731. The van der Waals surface area contributed by atoms with E-state index >= 15 is 0 Å². The quantitative estimate of drug-likeness (QED) is 0.605. The first kappa shape index (κ1) is 15.6. The Morgan fingerprint density at radius 2 is 1.95 bits per heavy atom. The van der Waals surface area contributed by atoms with Crippen LogP contribution in [0.2, 0.25) is 0 Å². The van der Waals surface area contributed by atoms with Crippen molar-refractivity contribution in [1.82, 2.24) is 5.32 Å². The van der Waals surface area contributed by atoms with E-state index in [4.69, 9.17) is 0 Å². The number of halogens is 4. The normalized spacial score (nSPS) is 12.7. The van der Waals surface area contributed by atoms with Gasteiger partial charge in [0.15, 0.2) is 0 Å². The lowest BCUT2D eigenvalue weighted by Crippen LogP contribution is -2.18. The lowest BCUT2D eigenvalue weighted by atomic mass is 10.0. The smallest absolute Gasteiger partial charge is 0.124 e. The van der Waals surface area contributed by atoms with Crippen LogP contribution in [-0.4, -0.2) is 7.05 Å². The molecule has 1 atom stereocenters. The molecule has 6 heteroatoms. The summed E-state index contributed by atoms with van der Waals surface area (Å²) in [5, 5.41) is 3.28. The fourth-order valence-electron chi connectivity index (χ4n) is 1.92. The van der Waals surface area contributed by atoms with Gasteiger partial charge in [0.05, 0.1) is 7.57 Å². The van der Waals surface area contributed by atoms with Gasteiger partial charge in [-0.25, -0.2) is 4.39 Å². The molecule has 1 nitrogen and oxygen atoms in total. The number of rotatable bonds is 4. The number of likely N-dealkylation sites (N-methyl/N-ethyl adjacent to an activating group) is 1. The van der Waals surface area contributed by atoms with Gasteiger partial charge in [-0.2, -0.15) is 0 Å². The summed E-state index contributed by atoms with van der Waals surface area (Å²) in [4.78, 5) is 0. The van der Waals surface area contributed by atoms with Crippen molar-refractivity contribution in [3.63, 3.8) is 0 Å². The predicted octanol–water partition coefficient (Wildman–Crippen LogP) is 5.68. The molecule has 1 aromatic carbocycles. The van der Waals surface area contributed by atoms with Gasteiger partial charge in [0.25, 0.3) is 0 Å². The highest BCUT2D eigenvalue weighted by Crippen LogP contribution is 2.36. The molecule has 1 aromatic heterocycles. The number of benzene rings is 1. The van der Waals surface area contributed by atoms with Crippen LogP contribution in [-0.2, 0) is 6.42 Å². The first-order valence-corrected chi connectivity index (χ1v) is 8.76. The molecule has 102 valence electrons. The van der Waals surface area contributed by atoms with Crippen LogP contribution in [0.25, 0.3) is 0 Å². The van der Waals surface area contributed by atoms with Crippen molar-refractivity contribution in [3.8, 4) is 0 Å². The van der Waals surface area contributed by atoms with Gasteiger partial charge < -0.3 is 5.32 Å². The van der Waals surface area contributed by atoms with E-state index in [9.17, 15) is 4.39 Å². The van der Waals surface area contributed by atoms with Crippen molar-refractivity contribution >= 4 is 59.1 Å². The Morgan fingerprint density at radius 3 is 2.47 bits per heavy atom. The molecule has 19 heavy (non-hydrogen) atoms. The highest BCUT2D eigenvalue weighted by atomic mass is 79.9. The van der Waals surface area contributed by atoms with E-state index < -0.39 is 0 Å². The molecule has 0 radical (unpaired) electrons. The van der Waals surface area contributed by atoms with E-state index in [1.807, 2.05) is 13.1 Å². The summed E-state index contributed by atoms with van der Waals surface area (Å²) < 4.78 is 16.3. The van der Waals surface area contributed by atoms with Crippen molar-refractivity contribution in [2.24, 2.45) is 0 Å². The van der Waals surface area contributed by atoms with E-state index in [1.165, 1.54) is 11.6 Å². The van der Waals surface area contributed by atoms with Gasteiger partial charge in [-0.1, -0.05) is 15.9 Å². The Labute approximate surface area is 141 Å². The third-order valence-electron chi connectivity index (χ3n) is 2.77. The molecule has 1 heterocycles. The third-order valence-corrected chi connectivity index (χ3v) is 5.61. The highest BCUT2D eigenvalue weighted by molar-refractivity contribution is 9.12. The summed E-state index contributed by atoms with van der Waals surface area (Å²) in [5.74, 6) is -0.218. The summed E-state index contributed by atoms with van der Waals surface area (Å²) in [5.41, 5.74) is 2.14. The topological polar surface area (TPSA) is 12.0 Å². The molecule has 0 spiro atoms. The van der Waals surface area contributed by atoms with Gasteiger partial charge >= 0.3 is 0 Å². The maximum absolute atomic E-state index is 13.4. The van der Waals surface area contributed by atoms with Crippen molar-refractivity contribution in [2.75, 3.05) is 7.05 Å². The fraction of sp³-hybridized carbons (Fsp3) is 0.231. The zero-order valence-corrected chi connectivity index (χ0v) is 15.6. The maximum atomic E-state index is 13.4. The SMILES string of the molecule is CNC(Cc1cc(F)cc(Br)c1)c1cc(Br)sc1Br. The van der Waals surface area contributed by atoms with Crippen LogP contribution in [0.1, 0.15) is 17.2 Å². The number of nitrogens with one attached hydrogen (secondary N) is 1. The molecule has 0 saturated heterocycles. The predicted molar refractivity (Wildman–Crippen MR) is 89.3 cm³/mol. The van der Waals surface area contributed by atoms with Crippen molar-refractivity contribution in [2.45, 2.75) is 12.5 Å². The van der Waals surface area contributed by atoms with Gasteiger partial charge in [0, 0.05) is 10.5 Å². The zero-order chi connectivity index (χ0) is 14.0. The molecule has 0 saturated carbocycles. The van der Waals surface area contributed by atoms with Crippen LogP contribution < -0.4 is 5.32 Å². The van der Waals surface area contributed by atoms with Crippen molar-refractivity contribution < 1.29 is 4.39 Å². The largest absolute Gasteiger partial charge is 0.313 e. The maximum Gasteiger partial charge on any atom is 0.124 e. The van der Waals surface area contributed by atoms with Crippen LogP contribution in [0.5, 0.6) is 0 Å². The van der Waals surface area contributed by atoms with Gasteiger partial charge in [-0.3, -0.25) is 0 Å². The molecule has 2 rings (SSSR count). The van der Waals surface area contributed by atoms with Gasteiger partial charge in [-0.15, -0.1) is 11.3 Å². The van der Waals surface area contributed by atoms with Crippen LogP contribution in [0.15, 0.2) is 36.3 Å². The Morgan fingerprint density at radius 1 is 1.21 bits per heavy atom. The molecular formula is C13H11Br3FNS. The average Bonchev–Trinajstić information content (AvgIpc) is 2.64. The minimum absolute atomic E-state index is 0.144. The monoisotopic (exact) mass is 469 g/mol. The van der Waals surface area contributed by atoms with E-state index in [1.54, 1.807) is 17.4 Å². The van der Waals surface area contributed by atoms with Crippen LogP contribution in [0, 0.1) is 5.82 Å². The van der Waals surface area contributed by atoms with E-state index in [-0.39, 0.29) is 11.9 Å². The van der Waals surface area contributed by atoms with Crippen LogP contribution in [0.3, 0.4) is 0 Å². The van der Waals surface area contributed by atoms with Crippen LogP contribution in [0.4, 0.5) is 4.39 Å². The van der Waals surface area contributed by atoms with E-state index in [0.717, 1.165) is 24.0 Å². The molecular weight excluding hydrogens is 461 g/mol. The minimum Gasteiger partial charge on any atom is -0.313 e. The zero-order valence-electron chi connectivity index (χ0n) is 10.0. The lowest BCUT2D eigenvalue weighted by Gasteiger charge is -2.16. The first-order chi connectivity index (χ1) is 8.99. The number of hydrogen-bond donors (Lipinski definition) is 1. The molecule has 0 aliphatic carbocycles. The van der Waals surface area contributed by atoms with Gasteiger partial charge in [0.2, 0.25) is 0 Å². The summed E-state index contributed by atoms with van der Waals surface area (Å²) in [6, 6.07) is 7.22. The Balaban J connectivity index is 2.26. The standard InChI is InChI=1S/C13H11Br3FNS/c1-18-11(10-6-12(15)19-13(10)16)4-7-2-8(14)5-9(17)3-7/h2-3,5-6,11,18H,4H2,1H3. The second-order valence-corrected chi connectivity index (χ2v) is 8.77. The third kappa shape index (κ3) is 4.11. The van der Waals surface area contributed by atoms with E-state index in [2.05, 4.69) is 59.2 Å². The fourth-order valence-corrected chi connectivity index (χ4v) is 5.41. The van der Waals surface area contributed by atoms with Crippen LogP contribution >= 0.6 is 59.1 Å². The molecule has 0 amide bonds. The average molecular weight is 472 g/mol. The molecule has 2 aromatic rings. The lowest BCUT2D eigenvalue weighted by molar-refractivity contribution is 0.583.